The maximum absolute atomic E-state index is 11.0. The maximum atomic E-state index is 11.0. The van der Waals surface area contributed by atoms with Crippen molar-refractivity contribution in [1.82, 2.24) is 0 Å². The molecule has 0 bridgehead atoms. The van der Waals surface area contributed by atoms with E-state index in [0.29, 0.717) is 17.0 Å². The molecule has 0 atom stereocenters. The van der Waals surface area contributed by atoms with Gasteiger partial charge in [-0.25, -0.2) is 4.79 Å². The minimum Gasteiger partial charge on any atom is -0.496 e. The summed E-state index contributed by atoms with van der Waals surface area (Å²) < 4.78 is 9.59. The summed E-state index contributed by atoms with van der Waals surface area (Å²) in [5, 5.41) is 0. The highest BCUT2D eigenvalue weighted by Crippen LogP contribution is 2.22. The van der Waals surface area contributed by atoms with Crippen LogP contribution in [-0.4, -0.2) is 20.2 Å². The summed E-state index contributed by atoms with van der Waals surface area (Å²) in [7, 11) is 2.85. The van der Waals surface area contributed by atoms with Gasteiger partial charge in [0, 0.05) is 17.3 Å². The number of hydrogen-bond donors (Lipinski definition) is 1. The van der Waals surface area contributed by atoms with Crippen LogP contribution in [0.2, 0.25) is 0 Å². The number of ether oxygens (including phenoxy) is 2. The third-order valence-corrected chi connectivity index (χ3v) is 1.89. The molecule has 0 saturated heterocycles. The van der Waals surface area contributed by atoms with Gasteiger partial charge in [0.05, 0.1) is 14.2 Å². The second-order valence-corrected chi connectivity index (χ2v) is 2.82. The molecular weight excluding hydrogens is 194 g/mol. The van der Waals surface area contributed by atoms with Crippen molar-refractivity contribution >= 4 is 11.7 Å². The molecule has 2 N–H and O–H groups in total. The van der Waals surface area contributed by atoms with Gasteiger partial charge in [0.2, 0.25) is 0 Å². The Bertz CT molecular complexity index is 385. The molecule has 1 aromatic rings. The molecule has 0 spiro atoms. The molecule has 0 heterocycles. The van der Waals surface area contributed by atoms with Crippen molar-refractivity contribution in [2.24, 2.45) is 5.73 Å². The predicted octanol–water partition coefficient (Wildman–Crippen LogP) is 1.17. The molecule has 4 heteroatoms. The fourth-order valence-electron chi connectivity index (χ4n) is 1.15. The molecule has 15 heavy (non-hydrogen) atoms. The van der Waals surface area contributed by atoms with Gasteiger partial charge in [0.1, 0.15) is 5.75 Å². The van der Waals surface area contributed by atoms with E-state index in [1.807, 2.05) is 12.1 Å². The van der Waals surface area contributed by atoms with Crippen LogP contribution in [-0.2, 0) is 9.53 Å². The van der Waals surface area contributed by atoms with Crippen molar-refractivity contribution in [3.63, 3.8) is 0 Å². The maximum Gasteiger partial charge on any atom is 0.332 e. The minimum atomic E-state index is -0.488. The summed E-state index contributed by atoms with van der Waals surface area (Å²) in [6.45, 7) is 0. The van der Waals surface area contributed by atoms with E-state index in [4.69, 9.17) is 10.5 Å². The fraction of sp³-hybridized carbons (Fsp3) is 0.182. The van der Waals surface area contributed by atoms with Crippen LogP contribution >= 0.6 is 0 Å². The first-order valence-electron chi connectivity index (χ1n) is 4.37. The molecule has 1 aromatic carbocycles. The first-order chi connectivity index (χ1) is 7.19. The van der Waals surface area contributed by atoms with Crippen molar-refractivity contribution < 1.29 is 14.3 Å². The monoisotopic (exact) mass is 207 g/mol. The van der Waals surface area contributed by atoms with Crippen molar-refractivity contribution in [3.8, 4) is 5.75 Å². The van der Waals surface area contributed by atoms with E-state index in [0.717, 1.165) is 0 Å². The van der Waals surface area contributed by atoms with Crippen LogP contribution in [0.15, 0.2) is 30.3 Å². The summed E-state index contributed by atoms with van der Waals surface area (Å²) in [5.41, 5.74) is 6.72. The van der Waals surface area contributed by atoms with E-state index in [1.54, 1.807) is 19.2 Å². The van der Waals surface area contributed by atoms with Crippen molar-refractivity contribution in [2.45, 2.75) is 0 Å². The molecule has 80 valence electrons. The zero-order chi connectivity index (χ0) is 11.3. The Balaban J connectivity index is 3.05. The van der Waals surface area contributed by atoms with E-state index >= 15 is 0 Å². The SMILES string of the molecule is COC(=O)/C=C(\N)c1ccccc1OC. The highest BCUT2D eigenvalue weighted by molar-refractivity contribution is 5.91. The number of benzene rings is 1. The standard InChI is InChI=1S/C11H13NO3/c1-14-10-6-4-3-5-8(10)9(12)7-11(13)15-2/h3-7H,12H2,1-2H3/b9-7-. The molecule has 0 saturated carbocycles. The number of carbonyl (C=O) groups excluding carboxylic acids is 1. The van der Waals surface area contributed by atoms with Gasteiger partial charge in [-0.05, 0) is 12.1 Å². The molecule has 0 aromatic heterocycles. The van der Waals surface area contributed by atoms with Crippen molar-refractivity contribution in [3.05, 3.63) is 35.9 Å². The average Bonchev–Trinajstić information content (AvgIpc) is 2.28. The van der Waals surface area contributed by atoms with Crippen LogP contribution in [0.4, 0.5) is 0 Å². The highest BCUT2D eigenvalue weighted by atomic mass is 16.5. The Labute approximate surface area is 88.3 Å². The number of methoxy groups -OCH3 is 2. The zero-order valence-electron chi connectivity index (χ0n) is 8.69. The quantitative estimate of drug-likeness (QED) is 0.597. The largest absolute Gasteiger partial charge is 0.496 e. The molecule has 0 unspecified atom stereocenters. The van der Waals surface area contributed by atoms with Crippen molar-refractivity contribution in [2.75, 3.05) is 14.2 Å². The van der Waals surface area contributed by atoms with Gasteiger partial charge in [-0.2, -0.15) is 0 Å². The number of hydrogen-bond acceptors (Lipinski definition) is 4. The predicted molar refractivity (Wildman–Crippen MR) is 57.2 cm³/mol. The van der Waals surface area contributed by atoms with Gasteiger partial charge in [-0.3, -0.25) is 0 Å². The third-order valence-electron chi connectivity index (χ3n) is 1.89. The zero-order valence-corrected chi connectivity index (χ0v) is 8.69. The topological polar surface area (TPSA) is 61.5 Å². The molecule has 1 rings (SSSR count). The Hall–Kier alpha value is -1.97. The van der Waals surface area contributed by atoms with Gasteiger partial charge in [-0.15, -0.1) is 0 Å². The molecule has 0 radical (unpaired) electrons. The molecule has 0 amide bonds. The lowest BCUT2D eigenvalue weighted by Crippen LogP contribution is -2.04. The number of nitrogens with two attached hydrogens (primary N) is 1. The summed E-state index contributed by atoms with van der Waals surface area (Å²) in [6.07, 6.45) is 1.22. The Morgan fingerprint density at radius 3 is 2.60 bits per heavy atom. The van der Waals surface area contributed by atoms with Crippen molar-refractivity contribution in [1.29, 1.82) is 0 Å². The normalized spacial score (nSPS) is 10.9. The first-order valence-corrected chi connectivity index (χ1v) is 4.37. The average molecular weight is 207 g/mol. The molecule has 0 aliphatic carbocycles. The van der Waals surface area contributed by atoms with Crippen LogP contribution in [0, 0.1) is 0 Å². The molecule has 0 fully saturated rings. The van der Waals surface area contributed by atoms with Crippen LogP contribution in [0.1, 0.15) is 5.56 Å². The number of rotatable bonds is 3. The van der Waals surface area contributed by atoms with E-state index in [2.05, 4.69) is 4.74 Å². The minimum absolute atomic E-state index is 0.319. The summed E-state index contributed by atoms with van der Waals surface area (Å²) >= 11 is 0. The van der Waals surface area contributed by atoms with E-state index in [9.17, 15) is 4.79 Å². The molecule has 4 nitrogen and oxygen atoms in total. The van der Waals surface area contributed by atoms with Gasteiger partial charge >= 0.3 is 5.97 Å². The van der Waals surface area contributed by atoms with Gasteiger partial charge < -0.3 is 15.2 Å². The smallest absolute Gasteiger partial charge is 0.332 e. The van der Waals surface area contributed by atoms with E-state index in [1.165, 1.54) is 13.2 Å². The number of para-hydroxylation sites is 1. The second-order valence-electron chi connectivity index (χ2n) is 2.82. The lowest BCUT2D eigenvalue weighted by atomic mass is 10.1. The van der Waals surface area contributed by atoms with Crippen LogP contribution in [0.5, 0.6) is 5.75 Å². The number of carbonyl (C=O) groups is 1. The van der Waals surface area contributed by atoms with Crippen LogP contribution in [0.25, 0.3) is 5.70 Å². The van der Waals surface area contributed by atoms with Crippen LogP contribution in [0.3, 0.4) is 0 Å². The second kappa shape index (κ2) is 5.05. The highest BCUT2D eigenvalue weighted by Gasteiger charge is 2.06. The van der Waals surface area contributed by atoms with Gasteiger partial charge in [-0.1, -0.05) is 12.1 Å². The third kappa shape index (κ3) is 2.74. The fourth-order valence-corrected chi connectivity index (χ4v) is 1.15. The Kier molecular flexibility index (Phi) is 3.74. The van der Waals surface area contributed by atoms with E-state index in [-0.39, 0.29) is 0 Å². The first kappa shape index (κ1) is 11.1. The Morgan fingerprint density at radius 2 is 2.00 bits per heavy atom. The van der Waals surface area contributed by atoms with E-state index < -0.39 is 5.97 Å². The lowest BCUT2D eigenvalue weighted by Gasteiger charge is -2.07. The molecule has 0 aliphatic heterocycles. The molecular formula is C11H13NO3. The summed E-state index contributed by atoms with van der Waals surface area (Å²) in [6, 6.07) is 7.19. The van der Waals surface area contributed by atoms with Gasteiger partial charge in [0.15, 0.2) is 0 Å². The summed E-state index contributed by atoms with van der Waals surface area (Å²) in [4.78, 5) is 11.0. The van der Waals surface area contributed by atoms with Crippen LogP contribution < -0.4 is 10.5 Å². The summed E-state index contributed by atoms with van der Waals surface area (Å²) in [5.74, 6) is 0.133. The lowest BCUT2D eigenvalue weighted by molar-refractivity contribution is -0.134. The Morgan fingerprint density at radius 1 is 1.33 bits per heavy atom. The molecule has 0 aliphatic rings. The van der Waals surface area contributed by atoms with Gasteiger partial charge in [0.25, 0.3) is 0 Å². The number of esters is 1.